The van der Waals surface area contributed by atoms with Crippen molar-refractivity contribution >= 4 is 43.6 Å². The van der Waals surface area contributed by atoms with Crippen molar-refractivity contribution in [3.63, 3.8) is 0 Å². The molecule has 5 heteroatoms. The first-order valence-corrected chi connectivity index (χ1v) is 25.9. The molecule has 0 aliphatic carbocycles. The number of nitrogens with zero attached hydrogens (tertiary/aromatic N) is 5. The molecule has 0 N–H and O–H groups in total. The molecule has 11 aromatic rings. The first-order chi connectivity index (χ1) is 34.6. The summed E-state index contributed by atoms with van der Waals surface area (Å²) in [4.78, 5) is 16.6. The van der Waals surface area contributed by atoms with Crippen LogP contribution in [0.25, 0.3) is 100 Å². The second-order valence-corrected chi connectivity index (χ2v) is 24.4. The Kier molecular flexibility index (Phi) is 11.3. The number of hydrogen-bond acceptors (Lipinski definition) is 3. The summed E-state index contributed by atoms with van der Waals surface area (Å²) in [5.74, 6) is 1.94. The van der Waals surface area contributed by atoms with Crippen molar-refractivity contribution in [2.45, 2.75) is 112 Å². The van der Waals surface area contributed by atoms with Gasteiger partial charge in [0, 0.05) is 49.4 Å². The Bertz CT molecular complexity index is 3750. The minimum atomic E-state index is -0.0999. The molecule has 0 saturated carbocycles. The fraction of sp³-hybridized carbons (Fsp3) is 0.250. The highest BCUT2D eigenvalue weighted by atomic mass is 15.0. The molecular formula is C68H67N5. The molecule has 3 aromatic heterocycles. The van der Waals surface area contributed by atoms with Gasteiger partial charge in [0.25, 0.3) is 0 Å². The molecule has 0 aliphatic rings. The van der Waals surface area contributed by atoms with E-state index in [2.05, 4.69) is 269 Å². The summed E-state index contributed by atoms with van der Waals surface area (Å²) in [6.07, 6.45) is 0. The van der Waals surface area contributed by atoms with Gasteiger partial charge in [-0.2, -0.15) is 0 Å². The van der Waals surface area contributed by atoms with E-state index in [1.165, 1.54) is 49.4 Å². The number of hydrogen-bond donors (Lipinski definition) is 0. The van der Waals surface area contributed by atoms with E-state index in [4.69, 9.17) is 15.0 Å². The summed E-state index contributed by atoms with van der Waals surface area (Å²) in [6.45, 7) is 29.6. The van der Waals surface area contributed by atoms with Gasteiger partial charge < -0.3 is 9.13 Å². The fourth-order valence-electron chi connectivity index (χ4n) is 10.5. The molecule has 0 radical (unpaired) electrons. The SMILES string of the molecule is Cc1ccc2c(c1)c1ccccc1n2-c1ccc(-c2nc(-c3cc(C(C)(C)C)cc(C(C)(C)C)c3)nc(-c3cc(C(C)(C)C)cc(C(C)(C)C)c3)n2)cc1-c1ccccc1-n1c2ccccc2c2ccccc21. The van der Waals surface area contributed by atoms with Gasteiger partial charge in [-0.05, 0) is 130 Å². The van der Waals surface area contributed by atoms with Gasteiger partial charge in [-0.25, -0.2) is 15.0 Å². The van der Waals surface area contributed by atoms with E-state index in [1.807, 2.05) is 0 Å². The van der Waals surface area contributed by atoms with Gasteiger partial charge in [-0.15, -0.1) is 0 Å². The van der Waals surface area contributed by atoms with Crippen LogP contribution in [0.4, 0.5) is 0 Å². The number of para-hydroxylation sites is 4. The van der Waals surface area contributed by atoms with Crippen LogP contribution in [0.1, 0.15) is 111 Å². The molecule has 73 heavy (non-hydrogen) atoms. The molecule has 0 bridgehead atoms. The summed E-state index contributed by atoms with van der Waals surface area (Å²) in [6, 6.07) is 62.8. The molecule has 0 saturated heterocycles. The minimum absolute atomic E-state index is 0.0999. The zero-order valence-corrected chi connectivity index (χ0v) is 44.9. The van der Waals surface area contributed by atoms with Gasteiger partial charge in [-0.3, -0.25) is 0 Å². The largest absolute Gasteiger partial charge is 0.309 e. The zero-order valence-electron chi connectivity index (χ0n) is 44.9. The monoisotopic (exact) mass is 954 g/mol. The van der Waals surface area contributed by atoms with Crippen molar-refractivity contribution in [3.05, 3.63) is 198 Å². The summed E-state index contributed by atoms with van der Waals surface area (Å²) in [5.41, 5.74) is 17.6. The van der Waals surface area contributed by atoms with Gasteiger partial charge in [0.1, 0.15) is 0 Å². The third-order valence-electron chi connectivity index (χ3n) is 14.8. The molecular weight excluding hydrogens is 887 g/mol. The van der Waals surface area contributed by atoms with Crippen molar-refractivity contribution in [1.82, 2.24) is 24.1 Å². The average Bonchev–Trinajstić information content (AvgIpc) is 3.87. The standard InChI is InChI=1S/C68H67N5/c1-42-30-32-60-54(34-42)52-24-16-20-28-58(52)73(60)61-33-31-43(39-55(61)53-25-17-21-29-59(53)72-56-26-18-14-22-50(56)51-23-15-19-27-57(51)72)62-69-63(44-35-46(65(2,3)4)40-47(36-44)66(5,6)7)71-64(70-62)45-37-48(67(8,9)10)41-49(38-45)68(11,12)13/h14-41H,1-13H3. The maximum atomic E-state index is 5.54. The Morgan fingerprint density at radius 2 is 0.671 bits per heavy atom. The molecule has 3 heterocycles. The van der Waals surface area contributed by atoms with Gasteiger partial charge in [0.15, 0.2) is 17.5 Å². The van der Waals surface area contributed by atoms with E-state index in [0.717, 1.165) is 61.3 Å². The fourth-order valence-corrected chi connectivity index (χ4v) is 10.5. The highest BCUT2D eigenvalue weighted by Crippen LogP contribution is 2.43. The van der Waals surface area contributed by atoms with E-state index >= 15 is 0 Å². The third kappa shape index (κ3) is 8.63. The van der Waals surface area contributed by atoms with E-state index in [-0.39, 0.29) is 21.7 Å². The highest BCUT2D eigenvalue weighted by Gasteiger charge is 2.27. The molecule has 11 rings (SSSR count). The van der Waals surface area contributed by atoms with Gasteiger partial charge >= 0.3 is 0 Å². The van der Waals surface area contributed by atoms with Crippen LogP contribution >= 0.6 is 0 Å². The van der Waals surface area contributed by atoms with Crippen LogP contribution in [0, 0.1) is 6.92 Å². The van der Waals surface area contributed by atoms with Crippen LogP contribution in [0.5, 0.6) is 0 Å². The van der Waals surface area contributed by atoms with Crippen LogP contribution in [-0.4, -0.2) is 24.1 Å². The van der Waals surface area contributed by atoms with Crippen LogP contribution in [0.3, 0.4) is 0 Å². The predicted octanol–water partition coefficient (Wildman–Crippen LogP) is 18.2. The lowest BCUT2D eigenvalue weighted by Crippen LogP contribution is -2.17. The molecule has 5 nitrogen and oxygen atoms in total. The quantitative estimate of drug-likeness (QED) is 0.167. The number of fused-ring (bicyclic) bond motifs is 6. The molecule has 0 atom stereocenters. The van der Waals surface area contributed by atoms with E-state index in [0.29, 0.717) is 17.5 Å². The first kappa shape index (κ1) is 47.7. The Morgan fingerprint density at radius 3 is 1.12 bits per heavy atom. The smallest absolute Gasteiger partial charge is 0.164 e. The van der Waals surface area contributed by atoms with Crippen molar-refractivity contribution < 1.29 is 0 Å². The molecule has 0 amide bonds. The lowest BCUT2D eigenvalue weighted by molar-refractivity contribution is 0.568. The van der Waals surface area contributed by atoms with Crippen molar-refractivity contribution in [2.75, 3.05) is 0 Å². The molecule has 0 aliphatic heterocycles. The van der Waals surface area contributed by atoms with Gasteiger partial charge in [0.05, 0.1) is 33.4 Å². The maximum Gasteiger partial charge on any atom is 0.164 e. The topological polar surface area (TPSA) is 48.5 Å². The van der Waals surface area contributed by atoms with Crippen LogP contribution in [0.15, 0.2) is 170 Å². The van der Waals surface area contributed by atoms with Gasteiger partial charge in [0.2, 0.25) is 0 Å². The van der Waals surface area contributed by atoms with Crippen molar-refractivity contribution in [3.8, 4) is 56.7 Å². The van der Waals surface area contributed by atoms with Crippen LogP contribution < -0.4 is 0 Å². The zero-order chi connectivity index (χ0) is 51.4. The normalized spacial score (nSPS) is 12.7. The summed E-state index contributed by atoms with van der Waals surface area (Å²) in [5, 5.41) is 4.89. The molecule has 0 unspecified atom stereocenters. The molecule has 0 spiro atoms. The van der Waals surface area contributed by atoms with Crippen LogP contribution in [0.2, 0.25) is 0 Å². The summed E-state index contributed by atoms with van der Waals surface area (Å²) < 4.78 is 4.89. The number of aryl methyl sites for hydroxylation is 1. The Morgan fingerprint density at radius 1 is 0.301 bits per heavy atom. The number of rotatable bonds is 6. The second kappa shape index (κ2) is 17.3. The third-order valence-corrected chi connectivity index (χ3v) is 14.8. The highest BCUT2D eigenvalue weighted by molar-refractivity contribution is 6.11. The summed E-state index contributed by atoms with van der Waals surface area (Å²) >= 11 is 0. The molecule has 364 valence electrons. The van der Waals surface area contributed by atoms with Crippen molar-refractivity contribution in [2.24, 2.45) is 0 Å². The average molecular weight is 954 g/mol. The Hall–Kier alpha value is -7.63. The molecule has 8 aromatic carbocycles. The van der Waals surface area contributed by atoms with E-state index in [1.54, 1.807) is 0 Å². The van der Waals surface area contributed by atoms with E-state index in [9.17, 15) is 0 Å². The predicted molar refractivity (Wildman–Crippen MR) is 310 cm³/mol. The Labute approximate surface area is 431 Å². The second-order valence-electron chi connectivity index (χ2n) is 24.4. The lowest BCUT2D eigenvalue weighted by atomic mass is 9.79. The van der Waals surface area contributed by atoms with Gasteiger partial charge in [-0.1, -0.05) is 180 Å². The summed E-state index contributed by atoms with van der Waals surface area (Å²) in [7, 11) is 0. The molecule has 0 fully saturated rings. The van der Waals surface area contributed by atoms with Crippen molar-refractivity contribution in [1.29, 1.82) is 0 Å². The van der Waals surface area contributed by atoms with E-state index < -0.39 is 0 Å². The Balaban J connectivity index is 1.24. The number of benzene rings is 8. The maximum absolute atomic E-state index is 5.54. The lowest BCUT2D eigenvalue weighted by Gasteiger charge is -2.26. The van der Waals surface area contributed by atoms with Crippen LogP contribution in [-0.2, 0) is 21.7 Å². The minimum Gasteiger partial charge on any atom is -0.309 e. The first-order valence-electron chi connectivity index (χ1n) is 25.9. The number of aromatic nitrogens is 5.